The molecule has 3 aromatic carbocycles. The van der Waals surface area contributed by atoms with E-state index >= 15 is 0 Å². The first kappa shape index (κ1) is 21.5. The molecular weight excluding hydrogens is 426 g/mol. The number of carbonyl (C=O) groups excluding carboxylic acids is 2. The first-order chi connectivity index (χ1) is 15.5. The molecule has 1 aromatic heterocycles. The van der Waals surface area contributed by atoms with E-state index in [9.17, 15) is 9.59 Å². The summed E-state index contributed by atoms with van der Waals surface area (Å²) in [5.41, 5.74) is 4.57. The number of carbonyl (C=O) groups is 2. The minimum atomic E-state index is -0.223. The van der Waals surface area contributed by atoms with Gasteiger partial charge in [-0.1, -0.05) is 52.7 Å². The fraction of sp³-hybridized carbons (Fsp3) is 0.167. The lowest BCUT2D eigenvalue weighted by Gasteiger charge is -2.07. The zero-order valence-corrected chi connectivity index (χ0v) is 18.3. The zero-order chi connectivity index (χ0) is 22.5. The predicted molar refractivity (Wildman–Crippen MR) is 125 cm³/mol. The molecule has 0 aliphatic rings. The number of amides is 2. The molecule has 4 aromatic rings. The van der Waals surface area contributed by atoms with Crippen LogP contribution in [0.2, 0.25) is 5.02 Å². The number of benzene rings is 3. The highest BCUT2D eigenvalue weighted by Gasteiger charge is 2.12. The Hall–Kier alpha value is -3.71. The Bertz CT molecular complexity index is 1270. The van der Waals surface area contributed by atoms with E-state index in [0.717, 1.165) is 22.3 Å². The smallest absolute Gasteiger partial charge is 0.251 e. The summed E-state index contributed by atoms with van der Waals surface area (Å²) in [5, 5.41) is 14.6. The Labute approximate surface area is 190 Å². The maximum absolute atomic E-state index is 12.5. The van der Waals surface area contributed by atoms with Crippen LogP contribution in [-0.2, 0) is 17.9 Å². The van der Waals surface area contributed by atoms with E-state index in [-0.39, 0.29) is 18.2 Å². The molecule has 0 saturated heterocycles. The molecule has 2 amide bonds. The molecular formula is C24H22ClN5O2. The van der Waals surface area contributed by atoms with Gasteiger partial charge in [0, 0.05) is 29.2 Å². The van der Waals surface area contributed by atoms with Crippen LogP contribution >= 0.6 is 11.6 Å². The normalized spacial score (nSPS) is 10.8. The number of fused-ring (bicyclic) bond motifs is 1. The third kappa shape index (κ3) is 5.12. The molecule has 0 unspecified atom stereocenters. The van der Waals surface area contributed by atoms with Crippen molar-refractivity contribution in [3.63, 3.8) is 0 Å². The van der Waals surface area contributed by atoms with Crippen molar-refractivity contribution in [3.8, 4) is 0 Å². The summed E-state index contributed by atoms with van der Waals surface area (Å²) in [4.78, 5) is 24.8. The molecule has 0 saturated carbocycles. The number of nitrogens with zero attached hydrogens (tertiary/aromatic N) is 3. The van der Waals surface area contributed by atoms with Crippen LogP contribution in [-0.4, -0.2) is 26.8 Å². The summed E-state index contributed by atoms with van der Waals surface area (Å²) < 4.78 is 1.66. The van der Waals surface area contributed by atoms with Crippen LogP contribution < -0.4 is 10.6 Å². The summed E-state index contributed by atoms with van der Waals surface area (Å²) in [6.45, 7) is 2.71. The van der Waals surface area contributed by atoms with Crippen LogP contribution in [0.25, 0.3) is 11.0 Å². The molecule has 7 nitrogen and oxygen atoms in total. The first-order valence-electron chi connectivity index (χ1n) is 10.2. The van der Waals surface area contributed by atoms with E-state index in [4.69, 9.17) is 11.6 Å². The molecule has 4 rings (SSSR count). The standard InChI is InChI=1S/C24H22ClN5O2/c1-16-6-9-19(10-7-16)27-23(31)12-13-30-22-11-8-17(14-21(22)28-29-30)24(32)26-15-18-4-2-3-5-20(18)25/h2-11,14H,12-13,15H2,1H3,(H,26,32)(H,27,31). The van der Waals surface area contributed by atoms with Crippen molar-refractivity contribution in [1.82, 2.24) is 20.3 Å². The van der Waals surface area contributed by atoms with Gasteiger partial charge in [-0.3, -0.25) is 9.59 Å². The molecule has 0 atom stereocenters. The fourth-order valence-electron chi connectivity index (χ4n) is 3.27. The van der Waals surface area contributed by atoms with Crippen LogP contribution in [0.4, 0.5) is 5.69 Å². The molecule has 32 heavy (non-hydrogen) atoms. The van der Waals surface area contributed by atoms with Gasteiger partial charge in [0.2, 0.25) is 5.91 Å². The lowest BCUT2D eigenvalue weighted by atomic mass is 10.1. The highest BCUT2D eigenvalue weighted by molar-refractivity contribution is 6.31. The van der Waals surface area contributed by atoms with Crippen molar-refractivity contribution in [3.05, 3.63) is 88.4 Å². The van der Waals surface area contributed by atoms with Gasteiger partial charge in [-0.25, -0.2) is 4.68 Å². The maximum Gasteiger partial charge on any atom is 0.251 e. The van der Waals surface area contributed by atoms with Gasteiger partial charge >= 0.3 is 0 Å². The predicted octanol–water partition coefficient (Wildman–Crippen LogP) is 4.35. The highest BCUT2D eigenvalue weighted by atomic mass is 35.5. The number of nitrogens with one attached hydrogen (secondary N) is 2. The largest absolute Gasteiger partial charge is 0.348 e. The van der Waals surface area contributed by atoms with Gasteiger partial charge in [0.1, 0.15) is 5.52 Å². The van der Waals surface area contributed by atoms with Crippen LogP contribution in [0.1, 0.15) is 27.9 Å². The minimum absolute atomic E-state index is 0.104. The number of halogens is 1. The Balaban J connectivity index is 1.37. The minimum Gasteiger partial charge on any atom is -0.348 e. The first-order valence-corrected chi connectivity index (χ1v) is 10.6. The van der Waals surface area contributed by atoms with Gasteiger partial charge in [-0.05, 0) is 48.9 Å². The number of hydrogen-bond donors (Lipinski definition) is 2. The molecule has 162 valence electrons. The number of aryl methyl sites for hydroxylation is 2. The molecule has 0 aliphatic heterocycles. The van der Waals surface area contributed by atoms with Crippen molar-refractivity contribution < 1.29 is 9.59 Å². The van der Waals surface area contributed by atoms with Crippen molar-refractivity contribution in [2.24, 2.45) is 0 Å². The molecule has 1 heterocycles. The van der Waals surface area contributed by atoms with Gasteiger partial charge in [-0.15, -0.1) is 5.10 Å². The quantitative estimate of drug-likeness (QED) is 0.440. The van der Waals surface area contributed by atoms with E-state index in [2.05, 4.69) is 20.9 Å². The number of anilines is 1. The number of aromatic nitrogens is 3. The van der Waals surface area contributed by atoms with Gasteiger partial charge < -0.3 is 10.6 Å². The molecule has 0 spiro atoms. The topological polar surface area (TPSA) is 88.9 Å². The maximum atomic E-state index is 12.5. The van der Waals surface area contributed by atoms with Gasteiger partial charge in [-0.2, -0.15) is 0 Å². The monoisotopic (exact) mass is 447 g/mol. The van der Waals surface area contributed by atoms with Crippen molar-refractivity contribution >= 4 is 40.1 Å². The fourth-order valence-corrected chi connectivity index (χ4v) is 3.47. The molecule has 0 aliphatic carbocycles. The van der Waals surface area contributed by atoms with E-state index in [1.807, 2.05) is 49.4 Å². The van der Waals surface area contributed by atoms with Crippen LogP contribution in [0, 0.1) is 6.92 Å². The lowest BCUT2D eigenvalue weighted by Crippen LogP contribution is -2.22. The van der Waals surface area contributed by atoms with E-state index in [1.54, 1.807) is 28.9 Å². The molecule has 8 heteroatoms. The molecule has 0 bridgehead atoms. The van der Waals surface area contributed by atoms with Crippen molar-refractivity contribution in [2.75, 3.05) is 5.32 Å². The third-order valence-corrected chi connectivity index (χ3v) is 5.43. The number of rotatable bonds is 7. The van der Waals surface area contributed by atoms with Gasteiger partial charge in [0.05, 0.1) is 12.1 Å². The molecule has 0 fully saturated rings. The van der Waals surface area contributed by atoms with E-state index in [1.165, 1.54) is 0 Å². The summed E-state index contributed by atoms with van der Waals surface area (Å²) in [6.07, 6.45) is 0.256. The van der Waals surface area contributed by atoms with E-state index < -0.39 is 0 Å². The van der Waals surface area contributed by atoms with Crippen LogP contribution in [0.3, 0.4) is 0 Å². The second-order valence-corrected chi connectivity index (χ2v) is 7.86. The van der Waals surface area contributed by atoms with Crippen LogP contribution in [0.15, 0.2) is 66.7 Å². The SMILES string of the molecule is Cc1ccc(NC(=O)CCn2nnc3cc(C(=O)NCc4ccccc4Cl)ccc32)cc1. The average Bonchev–Trinajstić information content (AvgIpc) is 3.21. The summed E-state index contributed by atoms with van der Waals surface area (Å²) in [5.74, 6) is -0.327. The van der Waals surface area contributed by atoms with Crippen molar-refractivity contribution in [1.29, 1.82) is 0 Å². The van der Waals surface area contributed by atoms with Crippen LogP contribution in [0.5, 0.6) is 0 Å². The lowest BCUT2D eigenvalue weighted by molar-refractivity contribution is -0.116. The Morgan fingerprint density at radius 1 is 1.03 bits per heavy atom. The number of hydrogen-bond acceptors (Lipinski definition) is 4. The Morgan fingerprint density at radius 3 is 2.59 bits per heavy atom. The molecule has 2 N–H and O–H groups in total. The summed E-state index contributed by atoms with van der Waals surface area (Å²) in [6, 6.07) is 20.2. The van der Waals surface area contributed by atoms with Gasteiger partial charge in [0.15, 0.2) is 0 Å². The molecule has 0 radical (unpaired) electrons. The summed E-state index contributed by atoms with van der Waals surface area (Å²) in [7, 11) is 0. The second-order valence-electron chi connectivity index (χ2n) is 7.45. The Kier molecular flexibility index (Phi) is 6.47. The van der Waals surface area contributed by atoms with Gasteiger partial charge in [0.25, 0.3) is 5.91 Å². The van der Waals surface area contributed by atoms with E-state index in [0.29, 0.717) is 29.2 Å². The zero-order valence-electron chi connectivity index (χ0n) is 17.5. The van der Waals surface area contributed by atoms with Crippen molar-refractivity contribution in [2.45, 2.75) is 26.4 Å². The highest BCUT2D eigenvalue weighted by Crippen LogP contribution is 2.17. The Morgan fingerprint density at radius 2 is 1.81 bits per heavy atom. The third-order valence-electron chi connectivity index (χ3n) is 5.06. The average molecular weight is 448 g/mol. The summed E-state index contributed by atoms with van der Waals surface area (Å²) >= 11 is 6.14. The second kappa shape index (κ2) is 9.62.